The minimum atomic E-state index is -4.67. The number of fused-ring (bicyclic) bond motifs is 1. The first kappa shape index (κ1) is 25.1. The second-order valence-corrected chi connectivity index (χ2v) is 6.57. The number of alkyl halides is 3. The van der Waals surface area contributed by atoms with Crippen LogP contribution in [0.4, 0.5) is 22.0 Å². The van der Waals surface area contributed by atoms with Crippen LogP contribution in [-0.4, -0.2) is 26.3 Å². The van der Waals surface area contributed by atoms with E-state index in [0.717, 1.165) is 12.1 Å². The predicted molar refractivity (Wildman–Crippen MR) is 115 cm³/mol. The molecule has 0 aromatic heterocycles. The van der Waals surface area contributed by atoms with Gasteiger partial charge in [0.15, 0.2) is 12.8 Å². The summed E-state index contributed by atoms with van der Waals surface area (Å²) in [6, 6.07) is 5.24. The Morgan fingerprint density at radius 3 is 2.55 bits per heavy atom. The van der Waals surface area contributed by atoms with Crippen LogP contribution in [0, 0.1) is 11.6 Å². The summed E-state index contributed by atoms with van der Waals surface area (Å²) in [5.41, 5.74) is 0.111. The smallest absolute Gasteiger partial charge is 0.416 e. The van der Waals surface area contributed by atoms with Gasteiger partial charge in [-0.05, 0) is 41.8 Å². The normalized spacial score (nSPS) is 13.7. The molecule has 0 saturated heterocycles. The van der Waals surface area contributed by atoms with Crippen molar-refractivity contribution in [2.45, 2.75) is 25.7 Å². The fourth-order valence-electron chi connectivity index (χ4n) is 3.12. The molecule has 0 saturated carbocycles. The molecule has 0 fully saturated rings. The van der Waals surface area contributed by atoms with E-state index in [0.29, 0.717) is 35.9 Å². The van der Waals surface area contributed by atoms with Gasteiger partial charge in [-0.3, -0.25) is 4.99 Å². The molecular formula is C20H21F5IN3O2. The number of nitrogens with zero attached hydrogens (tertiary/aromatic N) is 1. The average Bonchev–Trinajstić information content (AvgIpc) is 2.70. The fourth-order valence-corrected chi connectivity index (χ4v) is 3.12. The van der Waals surface area contributed by atoms with Gasteiger partial charge in [0.2, 0.25) is 0 Å². The van der Waals surface area contributed by atoms with E-state index < -0.39 is 23.4 Å². The number of aliphatic imine (C=N–C) groups is 1. The molecule has 0 spiro atoms. The summed E-state index contributed by atoms with van der Waals surface area (Å²) in [5.74, 6) is -0.536. The van der Waals surface area contributed by atoms with Gasteiger partial charge < -0.3 is 20.1 Å². The van der Waals surface area contributed by atoms with Gasteiger partial charge in [0.05, 0.1) is 12.2 Å². The highest BCUT2D eigenvalue weighted by Crippen LogP contribution is 2.32. The number of nitrogens with one attached hydrogen (secondary N) is 2. The molecule has 0 unspecified atom stereocenters. The number of hydrogen-bond donors (Lipinski definition) is 2. The highest BCUT2D eigenvalue weighted by atomic mass is 127. The summed E-state index contributed by atoms with van der Waals surface area (Å²) in [4.78, 5) is 3.96. The maximum absolute atomic E-state index is 13.8. The van der Waals surface area contributed by atoms with E-state index in [1.165, 1.54) is 19.2 Å². The Kier molecular flexibility index (Phi) is 8.86. The van der Waals surface area contributed by atoms with Crippen LogP contribution >= 0.6 is 24.0 Å². The lowest BCUT2D eigenvalue weighted by Crippen LogP contribution is -2.38. The van der Waals surface area contributed by atoms with Gasteiger partial charge in [-0.25, -0.2) is 8.78 Å². The second kappa shape index (κ2) is 10.9. The molecule has 2 N–H and O–H groups in total. The van der Waals surface area contributed by atoms with Crippen LogP contribution < -0.4 is 15.4 Å². The van der Waals surface area contributed by atoms with Gasteiger partial charge >= 0.3 is 6.18 Å². The third-order valence-corrected chi connectivity index (χ3v) is 4.49. The van der Waals surface area contributed by atoms with E-state index in [-0.39, 0.29) is 55.4 Å². The quantitative estimate of drug-likeness (QED) is 0.248. The first-order chi connectivity index (χ1) is 14.3. The average molecular weight is 557 g/mol. The highest BCUT2D eigenvalue weighted by Gasteiger charge is 2.33. The van der Waals surface area contributed by atoms with Crippen LogP contribution in [0.2, 0.25) is 0 Å². The van der Waals surface area contributed by atoms with E-state index in [1.807, 2.05) is 0 Å². The fraction of sp³-hybridized carbons (Fsp3) is 0.350. The van der Waals surface area contributed by atoms with Crippen LogP contribution in [0.1, 0.15) is 22.3 Å². The number of benzene rings is 2. The largest absolute Gasteiger partial charge is 0.467 e. The molecule has 5 nitrogen and oxygen atoms in total. The second-order valence-electron chi connectivity index (χ2n) is 6.57. The maximum Gasteiger partial charge on any atom is 0.416 e. The summed E-state index contributed by atoms with van der Waals surface area (Å²) in [7, 11) is 1.47. The number of hydrogen-bond acceptors (Lipinski definition) is 3. The van der Waals surface area contributed by atoms with Gasteiger partial charge in [0.25, 0.3) is 0 Å². The SMILES string of the molecule is CN=C(NCCc1cc(F)cc2c1OCOC2)NCc1ccc(F)cc1C(F)(F)F.I. The molecule has 0 radical (unpaired) electrons. The molecule has 1 heterocycles. The minimum Gasteiger partial charge on any atom is -0.467 e. The molecule has 2 aromatic carbocycles. The van der Waals surface area contributed by atoms with Crippen molar-refractivity contribution in [3.05, 3.63) is 64.2 Å². The first-order valence-electron chi connectivity index (χ1n) is 9.10. The van der Waals surface area contributed by atoms with Crippen LogP contribution in [0.15, 0.2) is 35.3 Å². The third kappa shape index (κ3) is 6.66. The van der Waals surface area contributed by atoms with Gasteiger partial charge in [-0.2, -0.15) is 13.2 Å². The molecule has 2 aromatic rings. The molecule has 0 amide bonds. The Morgan fingerprint density at radius 2 is 1.84 bits per heavy atom. The van der Waals surface area contributed by atoms with Gasteiger partial charge in [0, 0.05) is 25.7 Å². The Hall–Kier alpha value is -2.15. The van der Waals surface area contributed by atoms with E-state index in [9.17, 15) is 22.0 Å². The molecule has 11 heteroatoms. The molecule has 1 aliphatic heterocycles. The highest BCUT2D eigenvalue weighted by molar-refractivity contribution is 14.0. The molecule has 0 bridgehead atoms. The van der Waals surface area contributed by atoms with Crippen molar-refractivity contribution in [2.75, 3.05) is 20.4 Å². The first-order valence-corrected chi connectivity index (χ1v) is 9.10. The topological polar surface area (TPSA) is 54.9 Å². The molecule has 0 aliphatic carbocycles. The number of rotatable bonds is 5. The van der Waals surface area contributed by atoms with Crippen molar-refractivity contribution in [1.82, 2.24) is 10.6 Å². The zero-order valence-electron chi connectivity index (χ0n) is 16.5. The third-order valence-electron chi connectivity index (χ3n) is 4.49. The number of guanidine groups is 1. The Balaban J connectivity index is 0.00000341. The van der Waals surface area contributed by atoms with E-state index in [4.69, 9.17) is 9.47 Å². The van der Waals surface area contributed by atoms with Crippen molar-refractivity contribution < 1.29 is 31.4 Å². The Bertz CT molecular complexity index is 938. The summed E-state index contributed by atoms with van der Waals surface area (Å²) in [6.45, 7) is 0.470. The monoisotopic (exact) mass is 557 g/mol. The molecule has 0 atom stereocenters. The van der Waals surface area contributed by atoms with Gasteiger partial charge in [-0.15, -0.1) is 24.0 Å². The molecule has 3 rings (SSSR count). The lowest BCUT2D eigenvalue weighted by atomic mass is 10.1. The molecule has 170 valence electrons. The van der Waals surface area contributed by atoms with Crippen LogP contribution in [0.5, 0.6) is 5.75 Å². The summed E-state index contributed by atoms with van der Waals surface area (Å²) >= 11 is 0. The predicted octanol–water partition coefficient (Wildman–Crippen LogP) is 4.38. The van der Waals surface area contributed by atoms with Crippen LogP contribution in [0.3, 0.4) is 0 Å². The summed E-state index contributed by atoms with van der Waals surface area (Å²) in [5, 5.41) is 5.73. The molecular weight excluding hydrogens is 536 g/mol. The van der Waals surface area contributed by atoms with Gasteiger partial charge in [-0.1, -0.05) is 6.07 Å². The van der Waals surface area contributed by atoms with E-state index in [2.05, 4.69) is 15.6 Å². The zero-order valence-corrected chi connectivity index (χ0v) is 18.8. The van der Waals surface area contributed by atoms with E-state index in [1.54, 1.807) is 0 Å². The van der Waals surface area contributed by atoms with Crippen molar-refractivity contribution in [2.24, 2.45) is 4.99 Å². The van der Waals surface area contributed by atoms with E-state index >= 15 is 0 Å². The summed E-state index contributed by atoms with van der Waals surface area (Å²) in [6.07, 6.45) is -4.28. The zero-order chi connectivity index (χ0) is 21.7. The van der Waals surface area contributed by atoms with Gasteiger partial charge in [0.1, 0.15) is 17.4 Å². The number of ether oxygens (including phenoxy) is 2. The maximum atomic E-state index is 13.8. The molecule has 1 aliphatic rings. The summed E-state index contributed by atoms with van der Waals surface area (Å²) < 4.78 is 76.9. The van der Waals surface area contributed by atoms with Crippen molar-refractivity contribution in [3.63, 3.8) is 0 Å². The molecule has 31 heavy (non-hydrogen) atoms. The number of halogens is 6. The Labute approximate surface area is 193 Å². The van der Waals surface area contributed by atoms with Crippen LogP contribution in [0.25, 0.3) is 0 Å². The van der Waals surface area contributed by atoms with Crippen molar-refractivity contribution >= 4 is 29.9 Å². The minimum absolute atomic E-state index is 0. The van der Waals surface area contributed by atoms with Crippen LogP contribution in [-0.2, 0) is 30.5 Å². The Morgan fingerprint density at radius 1 is 1.06 bits per heavy atom. The lowest BCUT2D eigenvalue weighted by molar-refractivity contribution is -0.138. The van der Waals surface area contributed by atoms with Crippen molar-refractivity contribution in [1.29, 1.82) is 0 Å². The standard InChI is InChI=1S/C20H20F5N3O2.HI/c1-26-19(28-9-13-2-3-15(21)8-17(13)20(23,24)25)27-5-4-12-6-16(22)7-14-10-29-11-30-18(12)14;/h2-3,6-8H,4-5,9-11H2,1H3,(H2,26,27,28);1H. The van der Waals surface area contributed by atoms with Crippen molar-refractivity contribution in [3.8, 4) is 5.75 Å². The lowest BCUT2D eigenvalue weighted by Gasteiger charge is -2.21.